The number of phenols is 2. The van der Waals surface area contributed by atoms with Crippen molar-refractivity contribution in [2.75, 3.05) is 31.2 Å². The molecule has 65 heavy (non-hydrogen) atoms. The molecule has 0 aliphatic carbocycles. The minimum absolute atomic E-state index is 0.0370. The number of hydrogen-bond donors (Lipinski definition) is 7. The van der Waals surface area contributed by atoms with Crippen LogP contribution in [0.1, 0.15) is 80.0 Å². The van der Waals surface area contributed by atoms with Crippen molar-refractivity contribution in [1.29, 1.82) is 0 Å². The number of carbonyl (C=O) groups excluding carboxylic acids is 4. The van der Waals surface area contributed by atoms with Crippen LogP contribution in [0.5, 0.6) is 23.0 Å². The monoisotopic (exact) mass is 958 g/mol. The summed E-state index contributed by atoms with van der Waals surface area (Å²) in [6.07, 6.45) is 7.69. The molecule has 1 spiro atoms. The number of ether oxygens (including phenoxy) is 2. The standard InChI is InChI=1S/C43H42N8O10S4/c1-63-36-21-45-20-32(50-36)37(54)48-24-17-33(51(22-24)39(56)27-12-15-64-41(27)65(44,58)59)38(55)46-13-4-2-3-5-14-47-42(62)49-23-6-9-29-28(16-23)40(57)61-43(29)30-10-7-25(52)18-34(30)60-35-19-26(53)8-11-31(35)43/h6-12,15-16,18-21,24,33,52-53H,2-5,13-14,17,22H2,1H3,(H,46,55)(H,48,54)(H2,44,58,59)(H2,47,49,62)/t24-,33+/m1/s1. The summed E-state index contributed by atoms with van der Waals surface area (Å²) in [4.78, 5) is 63.5. The second kappa shape index (κ2) is 18.6. The minimum Gasteiger partial charge on any atom is -0.508 e. The number of benzene rings is 3. The van der Waals surface area contributed by atoms with E-state index in [0.29, 0.717) is 57.6 Å². The van der Waals surface area contributed by atoms with Crippen molar-refractivity contribution in [3.05, 3.63) is 112 Å². The fourth-order valence-electron chi connectivity index (χ4n) is 8.15. The number of thiophene rings is 1. The highest BCUT2D eigenvalue weighted by molar-refractivity contribution is 7.98. The summed E-state index contributed by atoms with van der Waals surface area (Å²) in [6.45, 7) is 0.808. The predicted octanol–water partition coefficient (Wildman–Crippen LogP) is 4.56. The van der Waals surface area contributed by atoms with Crippen LogP contribution in [0.2, 0.25) is 0 Å². The Kier molecular flexibility index (Phi) is 13.0. The first-order chi connectivity index (χ1) is 31.2. The molecule has 8 N–H and O–H groups in total. The predicted molar refractivity (Wildman–Crippen MR) is 244 cm³/mol. The lowest BCUT2D eigenvalue weighted by atomic mass is 9.77. The van der Waals surface area contributed by atoms with Crippen molar-refractivity contribution in [3.63, 3.8) is 0 Å². The van der Waals surface area contributed by atoms with Gasteiger partial charge in [-0.3, -0.25) is 19.4 Å². The Morgan fingerprint density at radius 3 is 2.31 bits per heavy atom. The molecule has 3 amide bonds. The zero-order valence-corrected chi connectivity index (χ0v) is 37.8. The maximum Gasteiger partial charge on any atom is 0.340 e. The molecular weight excluding hydrogens is 917 g/mol. The molecule has 338 valence electrons. The van der Waals surface area contributed by atoms with Crippen molar-refractivity contribution in [3.8, 4) is 23.0 Å². The molecule has 3 aromatic carbocycles. The Balaban J connectivity index is 0.820. The van der Waals surface area contributed by atoms with Gasteiger partial charge in [-0.1, -0.05) is 18.9 Å². The maximum absolute atomic E-state index is 13.8. The van der Waals surface area contributed by atoms with Crippen LogP contribution in [0, 0.1) is 0 Å². The molecular formula is C43H42N8O10S4. The van der Waals surface area contributed by atoms with Crippen LogP contribution in [-0.4, -0.2) is 100 Å². The van der Waals surface area contributed by atoms with E-state index >= 15 is 0 Å². The van der Waals surface area contributed by atoms with Crippen molar-refractivity contribution >= 4 is 79.8 Å². The van der Waals surface area contributed by atoms with Gasteiger partial charge in [0.2, 0.25) is 15.9 Å². The molecule has 1 saturated heterocycles. The summed E-state index contributed by atoms with van der Waals surface area (Å²) in [5.41, 5.74) is 1.03. The minimum atomic E-state index is -4.21. The Labute approximate surface area is 386 Å². The molecule has 0 saturated carbocycles. The molecule has 18 nitrogen and oxygen atoms in total. The van der Waals surface area contributed by atoms with E-state index in [0.717, 1.165) is 30.6 Å². The highest BCUT2D eigenvalue weighted by atomic mass is 32.2. The van der Waals surface area contributed by atoms with Crippen molar-refractivity contribution < 1.29 is 47.3 Å². The lowest BCUT2D eigenvalue weighted by molar-refractivity contribution is -0.124. The first-order valence-electron chi connectivity index (χ1n) is 20.3. The number of unbranched alkanes of at least 4 members (excludes halogenated alkanes) is 3. The summed E-state index contributed by atoms with van der Waals surface area (Å²) in [7, 11) is -4.21. The van der Waals surface area contributed by atoms with Crippen LogP contribution in [-0.2, 0) is 25.2 Å². The number of aromatic nitrogens is 2. The zero-order chi connectivity index (χ0) is 46.0. The first-order valence-corrected chi connectivity index (χ1v) is 24.4. The lowest BCUT2D eigenvalue weighted by Gasteiger charge is -2.36. The number of nitrogens with zero attached hydrogens (tertiary/aromatic N) is 3. The molecule has 3 aliphatic heterocycles. The topological polar surface area (TPSA) is 264 Å². The summed E-state index contributed by atoms with van der Waals surface area (Å²) < 4.78 is 36.3. The zero-order valence-electron chi connectivity index (χ0n) is 34.5. The Bertz CT molecular complexity index is 2790. The van der Waals surface area contributed by atoms with E-state index in [2.05, 4.69) is 31.2 Å². The number of thiocarbonyl (C=S) groups is 1. The number of thioether (sulfide) groups is 1. The number of sulfonamides is 1. The van der Waals surface area contributed by atoms with Crippen LogP contribution in [0.25, 0.3) is 0 Å². The van der Waals surface area contributed by atoms with E-state index in [-0.39, 0.29) is 51.4 Å². The third-order valence-electron chi connectivity index (χ3n) is 11.1. The molecule has 22 heteroatoms. The number of primary sulfonamides is 1. The largest absolute Gasteiger partial charge is 0.508 e. The SMILES string of the molecule is CSc1cncc(C(=O)N[C@@H]2C[C@@H](C(=O)NCCCCCCNC(=S)Nc3ccc4c(c3)C(=O)OC43c4ccc(O)cc4Oc4cc(O)ccc43)N(C(=O)c3ccsc3S(N)(=O)=O)C2)n1. The van der Waals surface area contributed by atoms with Crippen LogP contribution >= 0.6 is 35.3 Å². The normalized spacial score (nSPS) is 16.7. The van der Waals surface area contributed by atoms with E-state index in [1.165, 1.54) is 64.8 Å². The van der Waals surface area contributed by atoms with Crippen LogP contribution < -0.4 is 31.1 Å². The fraction of sp³-hybridized carbons (Fsp3) is 0.279. The number of nitrogens with two attached hydrogens (primary N) is 1. The first kappa shape index (κ1) is 45.2. The van der Waals surface area contributed by atoms with E-state index in [4.69, 9.17) is 26.8 Å². The fourth-order valence-corrected chi connectivity index (χ4v) is 10.5. The number of likely N-dealkylation sites (tertiary alicyclic amines) is 1. The molecule has 0 unspecified atom stereocenters. The summed E-state index contributed by atoms with van der Waals surface area (Å²) in [5, 5.41) is 40.1. The molecule has 8 rings (SSSR count). The second-order valence-electron chi connectivity index (χ2n) is 15.4. The van der Waals surface area contributed by atoms with Gasteiger partial charge in [0.25, 0.3) is 11.8 Å². The number of rotatable bonds is 14. The van der Waals surface area contributed by atoms with Gasteiger partial charge < -0.3 is 45.9 Å². The van der Waals surface area contributed by atoms with E-state index in [9.17, 15) is 37.8 Å². The van der Waals surface area contributed by atoms with E-state index in [1.54, 1.807) is 36.6 Å². The number of hydrogen-bond acceptors (Lipinski definition) is 15. The lowest BCUT2D eigenvalue weighted by Crippen LogP contribution is -2.46. The number of phenolic OH excluding ortho intramolecular Hbond substituents is 2. The quantitative estimate of drug-likeness (QED) is 0.0348. The summed E-state index contributed by atoms with van der Waals surface area (Å²) in [5.74, 6) is -1.73. The van der Waals surface area contributed by atoms with E-state index < -0.39 is 51.4 Å². The highest BCUT2D eigenvalue weighted by Crippen LogP contribution is 2.57. The number of amides is 3. The van der Waals surface area contributed by atoms with Gasteiger partial charge in [-0.2, -0.15) is 0 Å². The highest BCUT2D eigenvalue weighted by Gasteiger charge is 2.54. The molecule has 5 heterocycles. The van der Waals surface area contributed by atoms with Crippen LogP contribution in [0.3, 0.4) is 0 Å². The molecule has 1 fully saturated rings. The number of anilines is 1. The molecule has 0 radical (unpaired) electrons. The van der Waals surface area contributed by atoms with Crippen LogP contribution in [0.4, 0.5) is 5.69 Å². The average Bonchev–Trinajstić information content (AvgIpc) is 4.01. The van der Waals surface area contributed by atoms with Crippen LogP contribution in [0.15, 0.2) is 87.7 Å². The molecule has 5 aromatic rings. The number of carbonyl (C=O) groups is 4. The second-order valence-corrected chi connectivity index (χ2v) is 19.3. The van der Waals surface area contributed by atoms with Crippen molar-refractivity contribution in [2.24, 2.45) is 5.14 Å². The van der Waals surface area contributed by atoms with Crippen molar-refractivity contribution in [1.82, 2.24) is 30.8 Å². The van der Waals surface area contributed by atoms with Crippen molar-refractivity contribution in [2.45, 2.75) is 59.0 Å². The van der Waals surface area contributed by atoms with Gasteiger partial charge in [0.15, 0.2) is 10.7 Å². The molecule has 2 atom stereocenters. The maximum atomic E-state index is 13.8. The van der Waals surface area contributed by atoms with Gasteiger partial charge in [0.05, 0.1) is 23.5 Å². The Morgan fingerprint density at radius 2 is 1.63 bits per heavy atom. The molecule has 2 aromatic heterocycles. The molecule has 3 aliphatic rings. The van der Waals surface area contributed by atoms with Gasteiger partial charge >= 0.3 is 5.97 Å². The number of aromatic hydroxyl groups is 2. The van der Waals surface area contributed by atoms with Gasteiger partial charge in [-0.25, -0.2) is 23.3 Å². The Hall–Kier alpha value is -6.33. The number of fused-ring (bicyclic) bond motifs is 6. The summed E-state index contributed by atoms with van der Waals surface area (Å²) >= 11 is 7.67. The number of esters is 1. The van der Waals surface area contributed by atoms with Gasteiger partial charge in [-0.15, -0.1) is 23.1 Å². The van der Waals surface area contributed by atoms with E-state index in [1.807, 2.05) is 0 Å². The third kappa shape index (κ3) is 9.29. The van der Waals surface area contributed by atoms with Gasteiger partial charge in [0.1, 0.15) is 44.0 Å². The molecule has 0 bridgehead atoms. The average molecular weight is 959 g/mol. The Morgan fingerprint density at radius 1 is 0.954 bits per heavy atom. The summed E-state index contributed by atoms with van der Waals surface area (Å²) in [6, 6.07) is 14.1. The smallest absolute Gasteiger partial charge is 0.340 e. The number of nitrogens with one attached hydrogen (secondary N) is 4. The third-order valence-corrected chi connectivity index (χ3v) is 14.4. The van der Waals surface area contributed by atoms with Gasteiger partial charge in [0, 0.05) is 60.2 Å². The van der Waals surface area contributed by atoms with Gasteiger partial charge in [-0.05, 0) is 85.6 Å².